The molecule has 0 saturated carbocycles. The molecule has 1 aromatic rings. The van der Waals surface area contributed by atoms with Gasteiger partial charge >= 0.3 is 5.97 Å². The molecule has 0 aromatic carbocycles. The molecule has 18 heavy (non-hydrogen) atoms. The average molecular weight is 265 g/mol. The van der Waals surface area contributed by atoms with Gasteiger partial charge in [0.25, 0.3) is 0 Å². The molecule has 5 heteroatoms. The lowest BCUT2D eigenvalue weighted by molar-refractivity contribution is -0.153. The molecule has 1 aliphatic rings. The number of hydrogen-bond donors (Lipinski definition) is 1. The third-order valence-corrected chi connectivity index (χ3v) is 4.14. The fraction of sp³-hybridized carbons (Fsp3) is 0.385. The quantitative estimate of drug-likeness (QED) is 0.853. The van der Waals surface area contributed by atoms with Crippen LogP contribution in [0.3, 0.4) is 0 Å². The lowest BCUT2D eigenvalue weighted by atomic mass is 9.99. The lowest BCUT2D eigenvalue weighted by Gasteiger charge is -2.30. The van der Waals surface area contributed by atoms with E-state index in [0.29, 0.717) is 13.0 Å². The van der Waals surface area contributed by atoms with Crippen LogP contribution in [0.4, 0.5) is 0 Å². The van der Waals surface area contributed by atoms with E-state index < -0.39 is 11.5 Å². The third kappa shape index (κ3) is 2.31. The number of carboxylic acids is 1. The van der Waals surface area contributed by atoms with Crippen LogP contribution >= 0.6 is 11.3 Å². The average Bonchev–Trinajstić information content (AvgIpc) is 2.95. The number of likely N-dealkylation sites (tertiary alicyclic amines) is 1. The van der Waals surface area contributed by atoms with E-state index >= 15 is 0 Å². The van der Waals surface area contributed by atoms with E-state index in [2.05, 4.69) is 0 Å². The first-order chi connectivity index (χ1) is 8.54. The van der Waals surface area contributed by atoms with Crippen LogP contribution in [-0.2, 0) is 9.59 Å². The number of aliphatic carboxylic acids is 1. The van der Waals surface area contributed by atoms with E-state index in [0.717, 1.165) is 11.3 Å². The molecule has 0 bridgehead atoms. The second kappa shape index (κ2) is 4.94. The molecule has 0 aliphatic carbocycles. The molecule has 2 rings (SSSR count). The molecule has 96 valence electrons. The van der Waals surface area contributed by atoms with Gasteiger partial charge < -0.3 is 10.0 Å². The number of hydrogen-bond acceptors (Lipinski definition) is 3. The first-order valence-electron chi connectivity index (χ1n) is 5.80. The van der Waals surface area contributed by atoms with E-state index in [9.17, 15) is 14.7 Å². The van der Waals surface area contributed by atoms with Crippen molar-refractivity contribution in [3.63, 3.8) is 0 Å². The van der Waals surface area contributed by atoms with Gasteiger partial charge in [-0.05, 0) is 37.3 Å². The van der Waals surface area contributed by atoms with Gasteiger partial charge in [-0.2, -0.15) is 0 Å². The summed E-state index contributed by atoms with van der Waals surface area (Å²) in [6.45, 7) is 2.12. The maximum Gasteiger partial charge on any atom is 0.329 e. The molecule has 1 unspecified atom stereocenters. The molecule has 1 amide bonds. The summed E-state index contributed by atoms with van der Waals surface area (Å²) in [5, 5.41) is 11.2. The number of amides is 1. The minimum absolute atomic E-state index is 0.231. The van der Waals surface area contributed by atoms with Crippen molar-refractivity contribution in [1.29, 1.82) is 0 Å². The molecule has 1 aliphatic heterocycles. The van der Waals surface area contributed by atoms with Crippen molar-refractivity contribution in [3.8, 4) is 0 Å². The van der Waals surface area contributed by atoms with Gasteiger partial charge in [0, 0.05) is 17.5 Å². The predicted molar refractivity (Wildman–Crippen MR) is 70.3 cm³/mol. The van der Waals surface area contributed by atoms with Gasteiger partial charge in [-0.15, -0.1) is 11.3 Å². The van der Waals surface area contributed by atoms with Crippen LogP contribution in [0, 0.1) is 0 Å². The Kier molecular flexibility index (Phi) is 3.52. The summed E-state index contributed by atoms with van der Waals surface area (Å²) in [6, 6.07) is 3.82. The van der Waals surface area contributed by atoms with Crippen molar-refractivity contribution in [1.82, 2.24) is 4.90 Å². The van der Waals surface area contributed by atoms with Crippen molar-refractivity contribution >= 4 is 29.3 Å². The van der Waals surface area contributed by atoms with Gasteiger partial charge in [0.15, 0.2) is 0 Å². The Labute approximate surface area is 110 Å². The molecule has 1 fully saturated rings. The Hall–Kier alpha value is -1.62. The Morgan fingerprint density at radius 1 is 1.56 bits per heavy atom. The molecule has 1 atom stereocenters. The molecule has 1 saturated heterocycles. The SMILES string of the molecule is CC1(C(=O)O)CCCN1C(=O)C=Cc1cccs1. The molecule has 1 N–H and O–H groups in total. The topological polar surface area (TPSA) is 57.6 Å². The fourth-order valence-electron chi connectivity index (χ4n) is 2.17. The number of rotatable bonds is 3. The number of carboxylic acid groups (broad SMARTS) is 1. The van der Waals surface area contributed by atoms with Gasteiger partial charge in [-0.3, -0.25) is 4.79 Å². The Morgan fingerprint density at radius 2 is 2.33 bits per heavy atom. The predicted octanol–water partition coefficient (Wildman–Crippen LogP) is 2.23. The first kappa shape index (κ1) is 12.8. The van der Waals surface area contributed by atoms with Gasteiger partial charge in [0.2, 0.25) is 5.91 Å². The number of carbonyl (C=O) groups excluding carboxylic acids is 1. The summed E-state index contributed by atoms with van der Waals surface area (Å²) in [7, 11) is 0. The van der Waals surface area contributed by atoms with E-state index in [1.54, 1.807) is 13.0 Å². The second-order valence-electron chi connectivity index (χ2n) is 4.52. The Bertz CT molecular complexity index is 480. The van der Waals surface area contributed by atoms with Crippen molar-refractivity contribution in [2.24, 2.45) is 0 Å². The minimum atomic E-state index is -1.06. The van der Waals surface area contributed by atoms with Crippen LogP contribution in [0.1, 0.15) is 24.6 Å². The fourth-order valence-corrected chi connectivity index (χ4v) is 2.79. The summed E-state index contributed by atoms with van der Waals surface area (Å²) in [6.07, 6.45) is 4.44. The minimum Gasteiger partial charge on any atom is -0.480 e. The maximum absolute atomic E-state index is 12.0. The maximum atomic E-state index is 12.0. The summed E-state index contributed by atoms with van der Waals surface area (Å²) < 4.78 is 0. The van der Waals surface area contributed by atoms with Gasteiger partial charge in [-0.1, -0.05) is 6.07 Å². The zero-order chi connectivity index (χ0) is 13.2. The molecule has 2 heterocycles. The highest BCUT2D eigenvalue weighted by atomic mass is 32.1. The highest BCUT2D eigenvalue weighted by molar-refractivity contribution is 7.10. The van der Waals surface area contributed by atoms with Gasteiger partial charge in [-0.25, -0.2) is 4.79 Å². The monoisotopic (exact) mass is 265 g/mol. The summed E-state index contributed by atoms with van der Waals surface area (Å²) in [5.41, 5.74) is -1.06. The normalized spacial score (nSPS) is 23.7. The van der Waals surface area contributed by atoms with Gasteiger partial charge in [0.05, 0.1) is 0 Å². The van der Waals surface area contributed by atoms with Crippen molar-refractivity contribution < 1.29 is 14.7 Å². The van der Waals surface area contributed by atoms with Crippen molar-refractivity contribution in [3.05, 3.63) is 28.5 Å². The summed E-state index contributed by atoms with van der Waals surface area (Å²) >= 11 is 1.54. The van der Waals surface area contributed by atoms with Crippen LogP contribution < -0.4 is 0 Å². The summed E-state index contributed by atoms with van der Waals surface area (Å²) in [5.74, 6) is -1.16. The molecule has 0 spiro atoms. The number of thiophene rings is 1. The number of carbonyl (C=O) groups is 2. The summed E-state index contributed by atoms with van der Waals surface area (Å²) in [4.78, 5) is 25.7. The zero-order valence-corrected chi connectivity index (χ0v) is 10.9. The van der Waals surface area contributed by atoms with E-state index in [4.69, 9.17) is 0 Å². The molecular weight excluding hydrogens is 250 g/mol. The van der Waals surface area contributed by atoms with Crippen LogP contribution in [0.5, 0.6) is 0 Å². The second-order valence-corrected chi connectivity index (χ2v) is 5.50. The van der Waals surface area contributed by atoms with Crippen molar-refractivity contribution in [2.45, 2.75) is 25.3 Å². The highest BCUT2D eigenvalue weighted by Crippen LogP contribution is 2.29. The van der Waals surface area contributed by atoms with E-state index in [-0.39, 0.29) is 5.91 Å². The van der Waals surface area contributed by atoms with Crippen LogP contribution in [0.15, 0.2) is 23.6 Å². The van der Waals surface area contributed by atoms with Crippen molar-refractivity contribution in [2.75, 3.05) is 6.54 Å². The van der Waals surface area contributed by atoms with E-state index in [1.807, 2.05) is 17.5 Å². The highest BCUT2D eigenvalue weighted by Gasteiger charge is 2.45. The lowest BCUT2D eigenvalue weighted by Crippen LogP contribution is -2.50. The standard InChI is InChI=1S/C13H15NO3S/c1-13(12(16)17)7-3-8-14(13)11(15)6-5-10-4-2-9-18-10/h2,4-6,9H,3,7-8H2,1H3,(H,16,17). The smallest absolute Gasteiger partial charge is 0.329 e. The molecule has 4 nitrogen and oxygen atoms in total. The third-order valence-electron chi connectivity index (χ3n) is 3.30. The molecule has 0 radical (unpaired) electrons. The van der Waals surface area contributed by atoms with Crippen LogP contribution in [0.25, 0.3) is 6.08 Å². The van der Waals surface area contributed by atoms with Gasteiger partial charge in [0.1, 0.15) is 5.54 Å². The van der Waals surface area contributed by atoms with E-state index in [1.165, 1.54) is 22.3 Å². The van der Waals surface area contributed by atoms with Crippen LogP contribution in [0.2, 0.25) is 0 Å². The largest absolute Gasteiger partial charge is 0.480 e. The first-order valence-corrected chi connectivity index (χ1v) is 6.68. The molecule has 1 aromatic heterocycles. The Morgan fingerprint density at radius 3 is 2.94 bits per heavy atom. The number of nitrogens with zero attached hydrogens (tertiary/aromatic N) is 1. The Balaban J connectivity index is 2.12. The molecular formula is C13H15NO3S. The zero-order valence-electron chi connectivity index (χ0n) is 10.1. The van der Waals surface area contributed by atoms with Crippen LogP contribution in [-0.4, -0.2) is 34.0 Å².